The average Bonchev–Trinajstić information content (AvgIpc) is 3.13. The molecule has 0 spiro atoms. The lowest BCUT2D eigenvalue weighted by Crippen LogP contribution is -2.17. The first-order valence-corrected chi connectivity index (χ1v) is 8.75. The van der Waals surface area contributed by atoms with Gasteiger partial charge in [-0.1, -0.05) is 31.1 Å². The maximum Gasteiger partial charge on any atom is 0.573 e. The molecule has 0 aliphatic heterocycles. The van der Waals surface area contributed by atoms with E-state index in [0.29, 0.717) is 17.1 Å². The number of benzene rings is 2. The Morgan fingerprint density at radius 2 is 1.83 bits per heavy atom. The van der Waals surface area contributed by atoms with Crippen LogP contribution in [0.15, 0.2) is 47.0 Å². The third-order valence-corrected chi connectivity index (χ3v) is 4.05. The molecule has 0 aliphatic carbocycles. The molecule has 0 aliphatic rings. The zero-order chi connectivity index (χ0) is 21.2. The Kier molecular flexibility index (Phi) is 5.58. The Balaban J connectivity index is 1.85. The van der Waals surface area contributed by atoms with Crippen LogP contribution in [-0.4, -0.2) is 22.4 Å². The normalized spacial score (nSPS) is 11.6. The van der Waals surface area contributed by atoms with E-state index < -0.39 is 18.0 Å². The molecule has 6 nitrogen and oxygen atoms in total. The number of carbonyl (C=O) groups is 1. The van der Waals surface area contributed by atoms with E-state index in [2.05, 4.69) is 20.2 Å². The highest BCUT2D eigenvalue weighted by Crippen LogP contribution is 2.31. The number of ether oxygens (including phenoxy) is 1. The second kappa shape index (κ2) is 7.94. The molecule has 0 fully saturated rings. The molecule has 0 bridgehead atoms. The van der Waals surface area contributed by atoms with Gasteiger partial charge in [0.25, 0.3) is 11.8 Å². The van der Waals surface area contributed by atoms with Gasteiger partial charge in [0.1, 0.15) is 5.75 Å². The van der Waals surface area contributed by atoms with Gasteiger partial charge in [0.15, 0.2) is 5.82 Å². The number of hydrogen-bond acceptors (Lipinski definition) is 5. The molecule has 1 heterocycles. The summed E-state index contributed by atoms with van der Waals surface area (Å²) in [5.74, 6) is -0.0196. The van der Waals surface area contributed by atoms with Crippen molar-refractivity contribution in [1.29, 1.82) is 0 Å². The third-order valence-electron chi connectivity index (χ3n) is 4.05. The second-order valence-corrected chi connectivity index (χ2v) is 6.64. The Hall–Kier alpha value is -3.36. The lowest BCUT2D eigenvalue weighted by molar-refractivity contribution is -0.274. The van der Waals surface area contributed by atoms with Gasteiger partial charge >= 0.3 is 6.36 Å². The van der Waals surface area contributed by atoms with E-state index in [9.17, 15) is 18.0 Å². The first-order chi connectivity index (χ1) is 13.6. The molecule has 1 N–H and O–H groups in total. The van der Waals surface area contributed by atoms with Crippen molar-refractivity contribution < 1.29 is 27.2 Å². The molecular weight excluding hydrogens is 387 g/mol. The monoisotopic (exact) mass is 405 g/mol. The van der Waals surface area contributed by atoms with E-state index in [1.807, 2.05) is 13.8 Å². The van der Waals surface area contributed by atoms with Crippen LogP contribution in [0, 0.1) is 6.92 Å². The predicted molar refractivity (Wildman–Crippen MR) is 99.6 cm³/mol. The number of hydrogen-bond donors (Lipinski definition) is 1. The number of anilines is 1. The van der Waals surface area contributed by atoms with Crippen molar-refractivity contribution in [3.8, 4) is 17.2 Å². The summed E-state index contributed by atoms with van der Waals surface area (Å²) in [5, 5.41) is 6.70. The molecule has 0 saturated carbocycles. The number of nitrogens with one attached hydrogen (secondary N) is 1. The molecule has 29 heavy (non-hydrogen) atoms. The number of aromatic nitrogens is 2. The number of carbonyl (C=O) groups excluding carboxylic acids is 1. The lowest BCUT2D eigenvalue weighted by Gasteiger charge is -2.12. The number of nitrogens with zero attached hydrogens (tertiary/aromatic N) is 2. The zero-order valence-electron chi connectivity index (χ0n) is 15.9. The van der Waals surface area contributed by atoms with Gasteiger partial charge in [-0.25, -0.2) is 0 Å². The van der Waals surface area contributed by atoms with Gasteiger partial charge in [-0.3, -0.25) is 4.79 Å². The summed E-state index contributed by atoms with van der Waals surface area (Å²) >= 11 is 0. The maximum absolute atomic E-state index is 12.6. The van der Waals surface area contributed by atoms with E-state index >= 15 is 0 Å². The van der Waals surface area contributed by atoms with Gasteiger partial charge in [0, 0.05) is 11.5 Å². The average molecular weight is 405 g/mol. The highest BCUT2D eigenvalue weighted by atomic mass is 19.4. The summed E-state index contributed by atoms with van der Waals surface area (Å²) in [6, 6.07) is 9.99. The van der Waals surface area contributed by atoms with Gasteiger partial charge in [0.05, 0.1) is 11.3 Å². The van der Waals surface area contributed by atoms with Crippen molar-refractivity contribution in [2.24, 2.45) is 0 Å². The molecule has 0 unspecified atom stereocenters. The summed E-state index contributed by atoms with van der Waals surface area (Å²) in [5.41, 5.74) is 1.96. The van der Waals surface area contributed by atoms with E-state index in [-0.39, 0.29) is 17.4 Å². The van der Waals surface area contributed by atoms with Crippen LogP contribution in [0.4, 0.5) is 18.9 Å². The lowest BCUT2D eigenvalue weighted by atomic mass is 10.1. The number of alkyl halides is 3. The van der Waals surface area contributed by atoms with Crippen LogP contribution >= 0.6 is 0 Å². The Labute approximate surface area is 164 Å². The fourth-order valence-electron chi connectivity index (χ4n) is 2.58. The number of amides is 1. The van der Waals surface area contributed by atoms with E-state index in [4.69, 9.17) is 4.52 Å². The smallest absolute Gasteiger partial charge is 0.406 e. The Morgan fingerprint density at radius 3 is 2.41 bits per heavy atom. The van der Waals surface area contributed by atoms with Crippen LogP contribution < -0.4 is 10.1 Å². The Morgan fingerprint density at radius 1 is 1.14 bits per heavy atom. The van der Waals surface area contributed by atoms with Crippen LogP contribution in [0.5, 0.6) is 5.75 Å². The number of rotatable bonds is 5. The minimum absolute atomic E-state index is 0.0767. The van der Waals surface area contributed by atoms with Crippen molar-refractivity contribution in [1.82, 2.24) is 10.1 Å². The quantitative estimate of drug-likeness (QED) is 0.622. The SMILES string of the molecule is Cc1cccc(-c2nc(C(C)C)no2)c1NC(=O)c1ccc(OC(F)(F)F)cc1. The molecule has 0 atom stereocenters. The van der Waals surface area contributed by atoms with E-state index in [1.165, 1.54) is 12.1 Å². The second-order valence-electron chi connectivity index (χ2n) is 6.64. The van der Waals surface area contributed by atoms with E-state index in [1.54, 1.807) is 25.1 Å². The minimum Gasteiger partial charge on any atom is -0.406 e. The molecule has 1 aromatic heterocycles. The summed E-state index contributed by atoms with van der Waals surface area (Å²) in [6.45, 7) is 5.67. The van der Waals surface area contributed by atoms with Gasteiger partial charge < -0.3 is 14.6 Å². The maximum atomic E-state index is 12.6. The number of para-hydroxylation sites is 1. The van der Waals surface area contributed by atoms with Gasteiger partial charge in [0.2, 0.25) is 0 Å². The zero-order valence-corrected chi connectivity index (χ0v) is 15.9. The molecule has 0 saturated heterocycles. The summed E-state index contributed by atoms with van der Waals surface area (Å²) in [6.07, 6.45) is -4.79. The van der Waals surface area contributed by atoms with Crippen LogP contribution in [-0.2, 0) is 0 Å². The van der Waals surface area contributed by atoms with Crippen LogP contribution in [0.1, 0.15) is 41.5 Å². The van der Waals surface area contributed by atoms with Gasteiger partial charge in [-0.2, -0.15) is 4.98 Å². The van der Waals surface area contributed by atoms with Crippen molar-refractivity contribution in [3.63, 3.8) is 0 Å². The van der Waals surface area contributed by atoms with Crippen LogP contribution in [0.3, 0.4) is 0 Å². The summed E-state index contributed by atoms with van der Waals surface area (Å²) in [4.78, 5) is 17.0. The number of halogens is 3. The first kappa shape index (κ1) is 20.4. The van der Waals surface area contributed by atoms with Crippen molar-refractivity contribution in [2.75, 3.05) is 5.32 Å². The third kappa shape index (κ3) is 4.92. The Bertz CT molecular complexity index is 1010. The van der Waals surface area contributed by atoms with E-state index in [0.717, 1.165) is 17.7 Å². The molecule has 1 amide bonds. The number of aryl methyl sites for hydroxylation is 1. The minimum atomic E-state index is -4.79. The predicted octanol–water partition coefficient (Wildman–Crippen LogP) is 5.32. The van der Waals surface area contributed by atoms with Crippen molar-refractivity contribution >= 4 is 11.6 Å². The van der Waals surface area contributed by atoms with Crippen molar-refractivity contribution in [2.45, 2.75) is 33.1 Å². The molecule has 152 valence electrons. The molecule has 3 rings (SSSR count). The summed E-state index contributed by atoms with van der Waals surface area (Å²) < 4.78 is 45.9. The summed E-state index contributed by atoms with van der Waals surface area (Å²) in [7, 11) is 0. The van der Waals surface area contributed by atoms with Crippen LogP contribution in [0.25, 0.3) is 11.5 Å². The fraction of sp³-hybridized carbons (Fsp3) is 0.250. The topological polar surface area (TPSA) is 77.3 Å². The van der Waals surface area contributed by atoms with Crippen LogP contribution in [0.2, 0.25) is 0 Å². The van der Waals surface area contributed by atoms with Gasteiger partial charge in [-0.05, 0) is 42.8 Å². The van der Waals surface area contributed by atoms with Crippen molar-refractivity contribution in [3.05, 3.63) is 59.4 Å². The molecule has 2 aromatic carbocycles. The molecular formula is C20H18F3N3O3. The molecule has 0 radical (unpaired) electrons. The first-order valence-electron chi connectivity index (χ1n) is 8.75. The standard InChI is InChI=1S/C20H18F3N3O3/c1-11(2)17-25-19(29-26-17)15-6-4-5-12(3)16(15)24-18(27)13-7-9-14(10-8-13)28-20(21,22)23/h4-11H,1-3H3,(H,24,27). The highest BCUT2D eigenvalue weighted by Gasteiger charge is 2.31. The van der Waals surface area contributed by atoms with Gasteiger partial charge in [-0.15, -0.1) is 13.2 Å². The molecule has 3 aromatic rings. The molecule has 9 heteroatoms. The largest absolute Gasteiger partial charge is 0.573 e. The highest BCUT2D eigenvalue weighted by molar-refractivity contribution is 6.06. The fourth-order valence-corrected chi connectivity index (χ4v) is 2.58.